The maximum atomic E-state index is 12.0. The summed E-state index contributed by atoms with van der Waals surface area (Å²) in [5.74, 6) is 0.680. The van der Waals surface area contributed by atoms with Crippen LogP contribution in [0, 0.1) is 5.92 Å². The molecule has 5 heteroatoms. The standard InChI is InChI=1S/C20H29N3O2/c1-3-4-10-23-11-8-14(9-12-23)13-15-6-5-7-16-17(15)18(19(21)24)20(22-16)25-2/h5-7,14,22H,3-4,8-13H2,1-2H3,(H2,21,24). The van der Waals surface area contributed by atoms with Crippen LogP contribution in [0.4, 0.5) is 0 Å². The third-order valence-corrected chi connectivity index (χ3v) is 5.37. The average Bonchev–Trinajstić information content (AvgIpc) is 3.01. The number of nitrogens with zero attached hydrogens (tertiary/aromatic N) is 1. The van der Waals surface area contributed by atoms with Gasteiger partial charge in [-0.15, -0.1) is 0 Å². The number of hydrogen-bond acceptors (Lipinski definition) is 3. The van der Waals surface area contributed by atoms with Crippen molar-refractivity contribution in [1.82, 2.24) is 9.88 Å². The summed E-state index contributed by atoms with van der Waals surface area (Å²) in [6, 6.07) is 6.13. The molecule has 1 aromatic carbocycles. The Morgan fingerprint density at radius 1 is 1.36 bits per heavy atom. The number of hydrogen-bond donors (Lipinski definition) is 2. The number of carbonyl (C=O) groups is 1. The summed E-state index contributed by atoms with van der Waals surface area (Å²) in [5, 5.41) is 0.931. The Balaban J connectivity index is 1.78. The van der Waals surface area contributed by atoms with E-state index in [1.54, 1.807) is 7.11 Å². The predicted octanol–water partition coefficient (Wildman–Crippen LogP) is 3.33. The van der Waals surface area contributed by atoms with Crippen molar-refractivity contribution in [3.8, 4) is 5.88 Å². The van der Waals surface area contributed by atoms with Crippen molar-refractivity contribution in [2.75, 3.05) is 26.7 Å². The molecule has 0 radical (unpaired) electrons. The number of aromatic nitrogens is 1. The number of benzene rings is 1. The lowest BCUT2D eigenvalue weighted by Gasteiger charge is -2.32. The molecule has 0 atom stereocenters. The van der Waals surface area contributed by atoms with Crippen LogP contribution in [-0.2, 0) is 6.42 Å². The van der Waals surface area contributed by atoms with Crippen molar-refractivity contribution in [3.63, 3.8) is 0 Å². The lowest BCUT2D eigenvalue weighted by Crippen LogP contribution is -2.35. The Morgan fingerprint density at radius 3 is 2.76 bits per heavy atom. The molecule has 2 aromatic rings. The Bertz CT molecular complexity index is 730. The van der Waals surface area contributed by atoms with E-state index in [4.69, 9.17) is 10.5 Å². The Labute approximate surface area is 149 Å². The number of methoxy groups -OCH3 is 1. The van der Waals surface area contributed by atoms with Crippen molar-refractivity contribution >= 4 is 16.8 Å². The summed E-state index contributed by atoms with van der Waals surface area (Å²) < 4.78 is 5.33. The van der Waals surface area contributed by atoms with Crippen LogP contribution in [-0.4, -0.2) is 42.5 Å². The van der Waals surface area contributed by atoms with Crippen molar-refractivity contribution in [2.45, 2.75) is 39.0 Å². The molecule has 1 amide bonds. The molecule has 1 saturated heterocycles. The largest absolute Gasteiger partial charge is 0.482 e. The van der Waals surface area contributed by atoms with Crippen LogP contribution in [0.15, 0.2) is 18.2 Å². The normalized spacial score (nSPS) is 16.4. The van der Waals surface area contributed by atoms with Crippen molar-refractivity contribution in [3.05, 3.63) is 29.3 Å². The Morgan fingerprint density at radius 2 is 2.12 bits per heavy atom. The minimum atomic E-state index is -0.440. The number of nitrogens with two attached hydrogens (primary N) is 1. The monoisotopic (exact) mass is 343 g/mol. The highest BCUT2D eigenvalue weighted by molar-refractivity contribution is 6.09. The molecule has 0 spiro atoms. The van der Waals surface area contributed by atoms with Gasteiger partial charge in [0, 0.05) is 10.9 Å². The van der Waals surface area contributed by atoms with E-state index in [1.165, 1.54) is 50.9 Å². The second-order valence-electron chi connectivity index (χ2n) is 7.08. The molecule has 0 unspecified atom stereocenters. The molecule has 1 aromatic heterocycles. The van der Waals surface area contributed by atoms with E-state index < -0.39 is 5.91 Å². The minimum Gasteiger partial charge on any atom is -0.482 e. The molecule has 3 rings (SSSR count). The number of likely N-dealkylation sites (tertiary alicyclic amines) is 1. The van der Waals surface area contributed by atoms with Gasteiger partial charge in [-0.3, -0.25) is 4.79 Å². The number of piperidine rings is 1. The number of amides is 1. The van der Waals surface area contributed by atoms with Gasteiger partial charge in [-0.05, 0) is 62.9 Å². The fourth-order valence-corrected chi connectivity index (χ4v) is 3.96. The van der Waals surface area contributed by atoms with Crippen LogP contribution in [0.2, 0.25) is 0 Å². The fraction of sp³-hybridized carbons (Fsp3) is 0.550. The van der Waals surface area contributed by atoms with Gasteiger partial charge in [0.1, 0.15) is 5.56 Å². The fourth-order valence-electron chi connectivity index (χ4n) is 3.96. The molecule has 2 heterocycles. The van der Waals surface area contributed by atoms with Gasteiger partial charge in [0.25, 0.3) is 5.91 Å². The van der Waals surface area contributed by atoms with Crippen LogP contribution >= 0.6 is 0 Å². The summed E-state index contributed by atoms with van der Waals surface area (Å²) in [6.45, 7) is 5.83. The highest BCUT2D eigenvalue weighted by atomic mass is 16.5. The van der Waals surface area contributed by atoms with Crippen molar-refractivity contribution in [1.29, 1.82) is 0 Å². The number of fused-ring (bicyclic) bond motifs is 1. The topological polar surface area (TPSA) is 71.3 Å². The number of rotatable bonds is 7. The van der Waals surface area contributed by atoms with Gasteiger partial charge in [0.05, 0.1) is 7.11 Å². The number of primary amides is 1. The van der Waals surface area contributed by atoms with E-state index in [-0.39, 0.29) is 0 Å². The first kappa shape index (κ1) is 17.8. The molecule has 136 valence electrons. The highest BCUT2D eigenvalue weighted by Gasteiger charge is 2.23. The van der Waals surface area contributed by atoms with Crippen LogP contribution in [0.5, 0.6) is 5.88 Å². The first-order valence-electron chi connectivity index (χ1n) is 9.33. The van der Waals surface area contributed by atoms with E-state index in [0.717, 1.165) is 17.3 Å². The summed E-state index contributed by atoms with van der Waals surface area (Å²) in [6.07, 6.45) is 5.96. The summed E-state index contributed by atoms with van der Waals surface area (Å²) in [7, 11) is 1.56. The van der Waals surface area contributed by atoms with E-state index in [2.05, 4.69) is 22.9 Å². The molecule has 1 aliphatic heterocycles. The molecule has 3 N–H and O–H groups in total. The second kappa shape index (κ2) is 7.91. The number of ether oxygens (including phenoxy) is 1. The smallest absolute Gasteiger partial charge is 0.254 e. The molecule has 5 nitrogen and oxygen atoms in total. The SMILES string of the molecule is CCCCN1CCC(Cc2cccc3[nH]c(OC)c(C(N)=O)c23)CC1. The third kappa shape index (κ3) is 3.82. The van der Waals surface area contributed by atoms with Gasteiger partial charge >= 0.3 is 0 Å². The van der Waals surface area contributed by atoms with Gasteiger partial charge in [-0.25, -0.2) is 0 Å². The number of carbonyl (C=O) groups excluding carboxylic acids is 1. The molecule has 0 bridgehead atoms. The number of nitrogens with one attached hydrogen (secondary N) is 1. The second-order valence-corrected chi connectivity index (χ2v) is 7.08. The van der Waals surface area contributed by atoms with Gasteiger partial charge in [0.2, 0.25) is 5.88 Å². The molecular weight excluding hydrogens is 314 g/mol. The molecule has 25 heavy (non-hydrogen) atoms. The molecular formula is C20H29N3O2. The lowest BCUT2D eigenvalue weighted by molar-refractivity contribution is 0.0999. The summed E-state index contributed by atoms with van der Waals surface area (Å²) >= 11 is 0. The van der Waals surface area contributed by atoms with Crippen molar-refractivity contribution < 1.29 is 9.53 Å². The number of unbranched alkanes of at least 4 members (excludes halogenated alkanes) is 1. The van der Waals surface area contributed by atoms with Gasteiger partial charge in [-0.1, -0.05) is 25.5 Å². The zero-order valence-corrected chi connectivity index (χ0v) is 15.3. The van der Waals surface area contributed by atoms with Gasteiger partial charge < -0.3 is 20.4 Å². The Kier molecular flexibility index (Phi) is 5.63. The summed E-state index contributed by atoms with van der Waals surface area (Å²) in [5.41, 5.74) is 8.21. The van der Waals surface area contributed by atoms with E-state index >= 15 is 0 Å². The highest BCUT2D eigenvalue weighted by Crippen LogP contribution is 2.33. The van der Waals surface area contributed by atoms with E-state index in [9.17, 15) is 4.79 Å². The Hall–Kier alpha value is -2.01. The van der Waals surface area contributed by atoms with Gasteiger partial charge in [0.15, 0.2) is 0 Å². The zero-order chi connectivity index (χ0) is 17.8. The number of aromatic amines is 1. The average molecular weight is 343 g/mol. The van der Waals surface area contributed by atoms with Crippen molar-refractivity contribution in [2.24, 2.45) is 11.7 Å². The first-order chi connectivity index (χ1) is 12.1. The minimum absolute atomic E-state index is 0.440. The number of H-pyrrole nitrogens is 1. The molecule has 1 fully saturated rings. The van der Waals surface area contributed by atoms with Gasteiger partial charge in [-0.2, -0.15) is 0 Å². The zero-order valence-electron chi connectivity index (χ0n) is 15.3. The van der Waals surface area contributed by atoms with E-state index in [0.29, 0.717) is 17.4 Å². The molecule has 1 aliphatic rings. The first-order valence-corrected chi connectivity index (χ1v) is 9.33. The maximum absolute atomic E-state index is 12.0. The summed E-state index contributed by atoms with van der Waals surface area (Å²) in [4.78, 5) is 17.7. The maximum Gasteiger partial charge on any atom is 0.254 e. The van der Waals surface area contributed by atoms with Crippen LogP contribution in [0.25, 0.3) is 10.9 Å². The third-order valence-electron chi connectivity index (χ3n) is 5.37. The quantitative estimate of drug-likeness (QED) is 0.810. The predicted molar refractivity (Wildman–Crippen MR) is 101 cm³/mol. The van der Waals surface area contributed by atoms with Crippen LogP contribution < -0.4 is 10.5 Å². The molecule has 0 saturated carbocycles. The molecule has 0 aliphatic carbocycles. The van der Waals surface area contributed by atoms with Crippen LogP contribution in [0.3, 0.4) is 0 Å². The van der Waals surface area contributed by atoms with E-state index in [1.807, 2.05) is 12.1 Å². The van der Waals surface area contributed by atoms with Crippen LogP contribution in [0.1, 0.15) is 48.5 Å². The lowest BCUT2D eigenvalue weighted by atomic mass is 9.88.